The Balaban J connectivity index is 2.74. The van der Waals surface area contributed by atoms with Gasteiger partial charge in [0.1, 0.15) is 6.04 Å². The molecule has 0 unspecified atom stereocenters. The monoisotopic (exact) mass is 235 g/mol. The number of anilines is 1. The van der Waals surface area contributed by atoms with Crippen LogP contribution in [-0.2, 0) is 4.79 Å². The van der Waals surface area contributed by atoms with Crippen molar-refractivity contribution < 1.29 is 9.59 Å². The number of benzene rings is 1. The molecule has 3 amide bonds. The number of aryl methyl sites for hydroxylation is 1. The summed E-state index contributed by atoms with van der Waals surface area (Å²) >= 11 is 0. The molecule has 1 aromatic carbocycles. The Kier molecular flexibility index (Phi) is 4.09. The van der Waals surface area contributed by atoms with Crippen LogP contribution < -0.4 is 16.4 Å². The fraction of sp³-hybridized carbons (Fsp3) is 0.333. The number of primary amides is 1. The van der Waals surface area contributed by atoms with Crippen molar-refractivity contribution in [1.29, 1.82) is 0 Å². The van der Waals surface area contributed by atoms with Gasteiger partial charge in [-0.1, -0.05) is 12.1 Å². The second kappa shape index (κ2) is 5.34. The molecule has 0 radical (unpaired) electrons. The SMILES string of the molecule is Cc1cccc(N[C@H](C)C(=O)NC(N)=O)c1C. The van der Waals surface area contributed by atoms with Crippen molar-refractivity contribution in [1.82, 2.24) is 5.32 Å². The fourth-order valence-corrected chi connectivity index (χ4v) is 1.44. The van der Waals surface area contributed by atoms with E-state index in [-0.39, 0.29) is 0 Å². The Morgan fingerprint density at radius 2 is 1.94 bits per heavy atom. The lowest BCUT2D eigenvalue weighted by Crippen LogP contribution is -2.43. The molecule has 1 aromatic rings. The molecule has 5 heteroatoms. The van der Waals surface area contributed by atoms with Crippen LogP contribution in [0.4, 0.5) is 10.5 Å². The number of nitrogens with one attached hydrogen (secondary N) is 2. The van der Waals surface area contributed by atoms with Crippen LogP contribution in [0.2, 0.25) is 0 Å². The van der Waals surface area contributed by atoms with Gasteiger partial charge in [-0.05, 0) is 38.0 Å². The maximum absolute atomic E-state index is 11.5. The first-order chi connectivity index (χ1) is 7.91. The lowest BCUT2D eigenvalue weighted by Gasteiger charge is -2.16. The van der Waals surface area contributed by atoms with Crippen LogP contribution in [0.5, 0.6) is 0 Å². The quantitative estimate of drug-likeness (QED) is 0.738. The topological polar surface area (TPSA) is 84.2 Å². The second-order valence-electron chi connectivity index (χ2n) is 3.97. The van der Waals surface area contributed by atoms with E-state index in [9.17, 15) is 9.59 Å². The Morgan fingerprint density at radius 1 is 1.29 bits per heavy atom. The summed E-state index contributed by atoms with van der Waals surface area (Å²) < 4.78 is 0. The lowest BCUT2D eigenvalue weighted by atomic mass is 10.1. The summed E-state index contributed by atoms with van der Waals surface area (Å²) in [6, 6.07) is 4.42. The Morgan fingerprint density at radius 3 is 2.53 bits per heavy atom. The molecule has 0 aliphatic carbocycles. The molecule has 1 atom stereocenters. The largest absolute Gasteiger partial charge is 0.374 e. The smallest absolute Gasteiger partial charge is 0.318 e. The number of amides is 3. The third kappa shape index (κ3) is 3.48. The standard InChI is InChI=1S/C12H17N3O2/c1-7-5-4-6-10(8(7)2)14-9(3)11(16)15-12(13)17/h4-6,9,14H,1-3H3,(H3,13,15,16,17)/t9-/m1/s1. The molecule has 0 bridgehead atoms. The molecule has 17 heavy (non-hydrogen) atoms. The van der Waals surface area contributed by atoms with Crippen molar-refractivity contribution in [3.63, 3.8) is 0 Å². The number of hydrogen-bond donors (Lipinski definition) is 3. The molecule has 0 aromatic heterocycles. The maximum atomic E-state index is 11.5. The van der Waals surface area contributed by atoms with Gasteiger partial charge in [-0.15, -0.1) is 0 Å². The highest BCUT2D eigenvalue weighted by molar-refractivity contribution is 5.97. The molecular weight excluding hydrogens is 218 g/mol. The van der Waals surface area contributed by atoms with Gasteiger partial charge in [0.15, 0.2) is 0 Å². The summed E-state index contributed by atoms with van der Waals surface area (Å²) in [6.45, 7) is 5.63. The minimum Gasteiger partial charge on any atom is -0.374 e. The second-order valence-corrected chi connectivity index (χ2v) is 3.97. The number of carbonyl (C=O) groups is 2. The highest BCUT2D eigenvalue weighted by Crippen LogP contribution is 2.18. The van der Waals surface area contributed by atoms with Gasteiger partial charge in [0.05, 0.1) is 0 Å². The van der Waals surface area contributed by atoms with Gasteiger partial charge in [-0.2, -0.15) is 0 Å². The van der Waals surface area contributed by atoms with Gasteiger partial charge in [0, 0.05) is 5.69 Å². The predicted octanol–water partition coefficient (Wildman–Crippen LogP) is 1.30. The number of carbonyl (C=O) groups excluding carboxylic acids is 2. The van der Waals surface area contributed by atoms with E-state index >= 15 is 0 Å². The minimum atomic E-state index is -0.843. The highest BCUT2D eigenvalue weighted by Gasteiger charge is 2.14. The lowest BCUT2D eigenvalue weighted by molar-refractivity contribution is -0.120. The van der Waals surface area contributed by atoms with Crippen molar-refractivity contribution in [2.45, 2.75) is 26.8 Å². The van der Waals surface area contributed by atoms with Crippen LogP contribution >= 0.6 is 0 Å². The summed E-state index contributed by atoms with van der Waals surface area (Å²) in [5.41, 5.74) is 7.96. The Hall–Kier alpha value is -2.04. The van der Waals surface area contributed by atoms with E-state index in [0.717, 1.165) is 16.8 Å². The van der Waals surface area contributed by atoms with Gasteiger partial charge < -0.3 is 11.1 Å². The van der Waals surface area contributed by atoms with Crippen LogP contribution in [0.25, 0.3) is 0 Å². The van der Waals surface area contributed by atoms with Crippen molar-refractivity contribution in [2.75, 3.05) is 5.32 Å². The van der Waals surface area contributed by atoms with E-state index in [1.807, 2.05) is 37.4 Å². The number of nitrogens with two attached hydrogens (primary N) is 1. The summed E-state index contributed by atoms with van der Waals surface area (Å²) in [6.07, 6.45) is 0. The maximum Gasteiger partial charge on any atom is 0.318 e. The first-order valence-corrected chi connectivity index (χ1v) is 5.35. The van der Waals surface area contributed by atoms with E-state index in [0.29, 0.717) is 0 Å². The number of urea groups is 1. The third-order valence-corrected chi connectivity index (χ3v) is 2.62. The van der Waals surface area contributed by atoms with Crippen LogP contribution in [0.3, 0.4) is 0 Å². The van der Waals surface area contributed by atoms with Crippen LogP contribution in [-0.4, -0.2) is 18.0 Å². The number of rotatable bonds is 3. The molecule has 0 saturated heterocycles. The normalized spacial score (nSPS) is 11.7. The molecule has 0 aliphatic rings. The molecule has 0 fully saturated rings. The Bertz CT molecular complexity index is 443. The van der Waals surface area contributed by atoms with Gasteiger partial charge in [-0.25, -0.2) is 4.79 Å². The van der Waals surface area contributed by atoms with Gasteiger partial charge in [-0.3, -0.25) is 10.1 Å². The van der Waals surface area contributed by atoms with Crippen LogP contribution in [0.1, 0.15) is 18.1 Å². The van der Waals surface area contributed by atoms with Gasteiger partial charge in [0.2, 0.25) is 5.91 Å². The average molecular weight is 235 g/mol. The van der Waals surface area contributed by atoms with Gasteiger partial charge >= 0.3 is 6.03 Å². The highest BCUT2D eigenvalue weighted by atomic mass is 16.2. The zero-order valence-corrected chi connectivity index (χ0v) is 10.2. The van der Waals surface area contributed by atoms with Crippen molar-refractivity contribution >= 4 is 17.6 Å². The minimum absolute atomic E-state index is 0.446. The van der Waals surface area contributed by atoms with E-state index < -0.39 is 18.0 Å². The zero-order valence-electron chi connectivity index (χ0n) is 10.2. The van der Waals surface area contributed by atoms with Crippen molar-refractivity contribution in [3.05, 3.63) is 29.3 Å². The molecule has 1 rings (SSSR count). The zero-order chi connectivity index (χ0) is 13.0. The van der Waals surface area contributed by atoms with Crippen LogP contribution in [0.15, 0.2) is 18.2 Å². The summed E-state index contributed by atoms with van der Waals surface area (Å²) in [5.74, 6) is -0.446. The summed E-state index contributed by atoms with van der Waals surface area (Å²) in [4.78, 5) is 22.0. The van der Waals surface area contributed by atoms with Crippen molar-refractivity contribution in [2.24, 2.45) is 5.73 Å². The molecule has 0 spiro atoms. The fourth-order valence-electron chi connectivity index (χ4n) is 1.44. The Labute approximate surface area is 100 Å². The molecule has 5 nitrogen and oxygen atoms in total. The summed E-state index contributed by atoms with van der Waals surface area (Å²) in [7, 11) is 0. The molecule has 0 saturated carbocycles. The first-order valence-electron chi connectivity index (χ1n) is 5.35. The van der Waals surface area contributed by atoms with E-state index in [1.54, 1.807) is 6.92 Å². The van der Waals surface area contributed by atoms with E-state index in [2.05, 4.69) is 5.32 Å². The van der Waals surface area contributed by atoms with E-state index in [1.165, 1.54) is 0 Å². The third-order valence-electron chi connectivity index (χ3n) is 2.62. The summed E-state index contributed by atoms with van der Waals surface area (Å²) in [5, 5.41) is 5.07. The molecule has 0 heterocycles. The molecule has 0 aliphatic heterocycles. The number of imide groups is 1. The van der Waals surface area contributed by atoms with E-state index in [4.69, 9.17) is 5.73 Å². The number of hydrogen-bond acceptors (Lipinski definition) is 3. The van der Waals surface area contributed by atoms with Gasteiger partial charge in [0.25, 0.3) is 0 Å². The van der Waals surface area contributed by atoms with Crippen molar-refractivity contribution in [3.8, 4) is 0 Å². The predicted molar refractivity (Wildman–Crippen MR) is 66.7 cm³/mol. The molecule has 4 N–H and O–H groups in total. The average Bonchev–Trinajstić information content (AvgIpc) is 2.23. The first kappa shape index (κ1) is 13.0. The molecule has 92 valence electrons. The van der Waals surface area contributed by atoms with Crippen LogP contribution in [0, 0.1) is 13.8 Å². The molecular formula is C12H17N3O2.